The van der Waals surface area contributed by atoms with E-state index in [2.05, 4.69) is 4.72 Å². The third kappa shape index (κ3) is 5.01. The normalized spacial score (nSPS) is 11.9. The van der Waals surface area contributed by atoms with Crippen molar-refractivity contribution in [1.82, 2.24) is 4.72 Å². The first-order chi connectivity index (χ1) is 9.57. The molecule has 0 radical (unpaired) electrons. The van der Waals surface area contributed by atoms with E-state index in [9.17, 15) is 13.2 Å². The molecule has 0 aliphatic heterocycles. The Balaban J connectivity index is 3.01. The number of nitrogens with one attached hydrogen (secondary N) is 1. The average Bonchev–Trinajstić information content (AvgIpc) is 2.34. The molecule has 0 saturated heterocycles. The van der Waals surface area contributed by atoms with Crippen LogP contribution in [0.25, 0.3) is 0 Å². The maximum Gasteiger partial charge on any atom is 0.303 e. The molecule has 114 valence electrons. The highest BCUT2D eigenvalue weighted by Gasteiger charge is 2.28. The van der Waals surface area contributed by atoms with Crippen molar-refractivity contribution >= 4 is 27.6 Å². The summed E-state index contributed by atoms with van der Waals surface area (Å²) in [5.74, 6) is -1.00. The zero-order valence-electron chi connectivity index (χ0n) is 11.6. The van der Waals surface area contributed by atoms with E-state index >= 15 is 0 Å². The van der Waals surface area contributed by atoms with Crippen molar-refractivity contribution in [2.75, 3.05) is 0 Å². The van der Waals surface area contributed by atoms with Crippen molar-refractivity contribution in [2.45, 2.75) is 37.1 Å². The number of rotatable bonds is 6. The highest BCUT2D eigenvalue weighted by Crippen LogP contribution is 2.24. The van der Waals surface area contributed by atoms with Crippen LogP contribution in [0.1, 0.15) is 32.3 Å². The fraction of sp³-hybridized carbons (Fsp3) is 0.385. The third-order valence-corrected chi connectivity index (χ3v) is 4.91. The fourth-order valence-corrected chi connectivity index (χ4v) is 3.67. The maximum atomic E-state index is 12.3. The number of hydrogen-bond acceptors (Lipinski definition) is 4. The van der Waals surface area contributed by atoms with Gasteiger partial charge in [-0.15, -0.1) is 0 Å². The van der Waals surface area contributed by atoms with Crippen molar-refractivity contribution in [2.24, 2.45) is 0 Å². The number of carboxylic acids is 1. The number of benzene rings is 1. The third-order valence-electron chi connectivity index (χ3n) is 2.73. The quantitative estimate of drug-likeness (QED) is 0.830. The number of halogens is 1. The van der Waals surface area contributed by atoms with Gasteiger partial charge in [-0.2, -0.15) is 5.26 Å². The van der Waals surface area contributed by atoms with Gasteiger partial charge in [0.05, 0.1) is 16.7 Å². The molecule has 0 spiro atoms. The van der Waals surface area contributed by atoms with E-state index in [4.69, 9.17) is 22.0 Å². The molecule has 0 aliphatic carbocycles. The van der Waals surface area contributed by atoms with Crippen LogP contribution in [0.2, 0.25) is 5.02 Å². The van der Waals surface area contributed by atoms with Crippen LogP contribution in [0.15, 0.2) is 23.1 Å². The number of hydrogen-bond donors (Lipinski definition) is 2. The highest BCUT2D eigenvalue weighted by atomic mass is 35.5. The summed E-state index contributed by atoms with van der Waals surface area (Å²) in [4.78, 5) is 10.4. The molecule has 1 rings (SSSR count). The molecule has 0 atom stereocenters. The molecule has 0 saturated carbocycles. The van der Waals surface area contributed by atoms with Crippen LogP contribution in [0.3, 0.4) is 0 Å². The van der Waals surface area contributed by atoms with E-state index in [-0.39, 0.29) is 28.3 Å². The molecule has 0 bridgehead atoms. The van der Waals surface area contributed by atoms with E-state index in [0.717, 1.165) is 0 Å². The van der Waals surface area contributed by atoms with Crippen LogP contribution < -0.4 is 4.72 Å². The van der Waals surface area contributed by atoms with E-state index in [0.29, 0.717) is 0 Å². The minimum Gasteiger partial charge on any atom is -0.481 e. The Morgan fingerprint density at radius 3 is 2.57 bits per heavy atom. The van der Waals surface area contributed by atoms with Crippen LogP contribution in [-0.2, 0) is 14.8 Å². The number of carboxylic acid groups (broad SMARTS) is 1. The Morgan fingerprint density at radius 2 is 2.10 bits per heavy atom. The molecule has 0 fully saturated rings. The Hall–Kier alpha value is -1.62. The van der Waals surface area contributed by atoms with Gasteiger partial charge in [0, 0.05) is 12.0 Å². The lowest BCUT2D eigenvalue weighted by Crippen LogP contribution is -2.43. The van der Waals surface area contributed by atoms with Gasteiger partial charge < -0.3 is 5.11 Å². The van der Waals surface area contributed by atoms with Crippen LogP contribution >= 0.6 is 11.6 Å². The summed E-state index contributed by atoms with van der Waals surface area (Å²) in [6.07, 6.45) is -0.0217. The first-order valence-electron chi connectivity index (χ1n) is 6.03. The van der Waals surface area contributed by atoms with E-state index in [1.165, 1.54) is 18.2 Å². The van der Waals surface area contributed by atoms with Crippen LogP contribution in [0.5, 0.6) is 0 Å². The summed E-state index contributed by atoms with van der Waals surface area (Å²) < 4.78 is 27.0. The van der Waals surface area contributed by atoms with Gasteiger partial charge in [0.2, 0.25) is 10.0 Å². The van der Waals surface area contributed by atoms with Crippen molar-refractivity contribution in [3.8, 4) is 6.07 Å². The highest BCUT2D eigenvalue weighted by molar-refractivity contribution is 7.89. The molecule has 0 aliphatic rings. The number of carbonyl (C=O) groups is 1. The molecule has 0 heterocycles. The molecule has 2 N–H and O–H groups in total. The zero-order valence-corrected chi connectivity index (χ0v) is 13.1. The van der Waals surface area contributed by atoms with Gasteiger partial charge in [-0.3, -0.25) is 4.79 Å². The summed E-state index contributed by atoms with van der Waals surface area (Å²) in [5.41, 5.74) is -0.682. The molecule has 0 unspecified atom stereocenters. The van der Waals surface area contributed by atoms with Gasteiger partial charge in [0.25, 0.3) is 0 Å². The second-order valence-corrected chi connectivity index (χ2v) is 7.20. The molecule has 1 aromatic carbocycles. The van der Waals surface area contributed by atoms with Crippen LogP contribution in [0.4, 0.5) is 0 Å². The van der Waals surface area contributed by atoms with Crippen molar-refractivity contribution < 1.29 is 18.3 Å². The second-order valence-electron chi connectivity index (χ2n) is 5.14. The van der Waals surface area contributed by atoms with Gasteiger partial charge in [-0.25, -0.2) is 13.1 Å². The summed E-state index contributed by atoms with van der Waals surface area (Å²) >= 11 is 5.88. The number of aliphatic carboxylic acids is 1. The lowest BCUT2D eigenvalue weighted by molar-refractivity contribution is -0.137. The molecule has 0 amide bonds. The summed E-state index contributed by atoms with van der Waals surface area (Å²) in [6, 6.07) is 5.73. The minimum atomic E-state index is -3.91. The van der Waals surface area contributed by atoms with Crippen LogP contribution in [-0.4, -0.2) is 25.0 Å². The Morgan fingerprint density at radius 1 is 1.48 bits per heavy atom. The van der Waals surface area contributed by atoms with E-state index in [1.54, 1.807) is 13.8 Å². The summed E-state index contributed by atoms with van der Waals surface area (Å²) in [5, 5.41) is 17.3. The maximum absolute atomic E-state index is 12.3. The molecule has 6 nitrogen and oxygen atoms in total. The SMILES string of the molecule is CC(C)(CCC(=O)O)NS(=O)(=O)c1ccc(C#N)cc1Cl. The lowest BCUT2D eigenvalue weighted by atomic mass is 10.0. The first kappa shape index (κ1) is 17.4. The van der Waals surface area contributed by atoms with E-state index < -0.39 is 21.5 Å². The van der Waals surface area contributed by atoms with Crippen molar-refractivity contribution in [1.29, 1.82) is 5.26 Å². The second kappa shape index (κ2) is 6.43. The first-order valence-corrected chi connectivity index (χ1v) is 7.89. The molecule has 1 aromatic rings. The molecule has 0 aromatic heterocycles. The van der Waals surface area contributed by atoms with Crippen LogP contribution in [0, 0.1) is 11.3 Å². The lowest BCUT2D eigenvalue weighted by Gasteiger charge is -2.25. The Bertz CT molecular complexity index is 693. The summed E-state index contributed by atoms with van der Waals surface area (Å²) in [7, 11) is -3.91. The average molecular weight is 331 g/mol. The minimum absolute atomic E-state index is 0.0596. The number of nitriles is 1. The van der Waals surface area contributed by atoms with Gasteiger partial charge in [0.15, 0.2) is 0 Å². The van der Waals surface area contributed by atoms with Gasteiger partial charge in [-0.1, -0.05) is 11.6 Å². The van der Waals surface area contributed by atoms with Gasteiger partial charge in [-0.05, 0) is 38.5 Å². The summed E-state index contributed by atoms with van der Waals surface area (Å²) in [6.45, 7) is 3.18. The fourth-order valence-electron chi connectivity index (χ4n) is 1.68. The largest absolute Gasteiger partial charge is 0.481 e. The molecule has 8 heteroatoms. The standard InChI is InChI=1S/C13H15ClN2O4S/c1-13(2,6-5-12(17)18)16-21(19,20)11-4-3-9(8-15)7-10(11)14/h3-4,7,16H,5-6H2,1-2H3,(H,17,18). The molecular formula is C13H15ClN2O4S. The van der Waals surface area contributed by atoms with Crippen molar-refractivity contribution in [3.63, 3.8) is 0 Å². The topological polar surface area (TPSA) is 107 Å². The van der Waals surface area contributed by atoms with Crippen molar-refractivity contribution in [3.05, 3.63) is 28.8 Å². The molecule has 21 heavy (non-hydrogen) atoms. The number of sulfonamides is 1. The van der Waals surface area contributed by atoms with Gasteiger partial charge >= 0.3 is 5.97 Å². The Labute approximate surface area is 128 Å². The van der Waals surface area contributed by atoms with E-state index in [1.807, 2.05) is 6.07 Å². The Kier molecular flexibility index (Phi) is 5.34. The monoisotopic (exact) mass is 330 g/mol. The zero-order chi connectivity index (χ0) is 16.3. The smallest absolute Gasteiger partial charge is 0.303 e. The molecular weight excluding hydrogens is 316 g/mol. The predicted molar refractivity (Wildman–Crippen MR) is 77.4 cm³/mol. The van der Waals surface area contributed by atoms with Gasteiger partial charge in [0.1, 0.15) is 4.90 Å². The number of nitrogens with zero attached hydrogens (tertiary/aromatic N) is 1. The predicted octanol–water partition coefficient (Wildman–Crippen LogP) is 2.13.